The van der Waals surface area contributed by atoms with Gasteiger partial charge in [0.2, 0.25) is 0 Å². The summed E-state index contributed by atoms with van der Waals surface area (Å²) in [5.74, 6) is 1.80. The maximum Gasteiger partial charge on any atom is 0.146 e. The lowest BCUT2D eigenvalue weighted by molar-refractivity contribution is 0.619. The monoisotopic (exact) mass is 145 g/mol. The summed E-state index contributed by atoms with van der Waals surface area (Å²) in [4.78, 5) is 0. The molecule has 0 atom stereocenters. The van der Waals surface area contributed by atoms with Gasteiger partial charge in [0.05, 0.1) is 5.56 Å². The topological polar surface area (TPSA) is 0 Å². The maximum absolute atomic E-state index is 13.0. The molecule has 0 aliphatic heterocycles. The molecule has 0 nitrogen and oxygen atoms in total. The zero-order chi connectivity index (χ0) is 8.27. The molecular formula is C10H6F. The molecule has 1 aromatic rings. The number of rotatable bonds is 1. The third-order valence-corrected chi connectivity index (χ3v) is 1.34. The summed E-state index contributed by atoms with van der Waals surface area (Å²) in [7, 11) is 0. The summed E-state index contributed by atoms with van der Waals surface area (Å²) in [5, 5.41) is 0. The number of hydrogen-bond donors (Lipinski definition) is 0. The Hall–Kier alpha value is -1.55. The van der Waals surface area contributed by atoms with Crippen LogP contribution in [0, 0.1) is 24.2 Å². The van der Waals surface area contributed by atoms with Gasteiger partial charge in [0.1, 0.15) is 5.82 Å². The van der Waals surface area contributed by atoms with Gasteiger partial charge in [-0.3, -0.25) is 0 Å². The highest BCUT2D eigenvalue weighted by Gasteiger charge is 2.01. The third-order valence-electron chi connectivity index (χ3n) is 1.34. The van der Waals surface area contributed by atoms with Crippen molar-refractivity contribution in [2.75, 3.05) is 0 Å². The van der Waals surface area contributed by atoms with E-state index < -0.39 is 5.82 Å². The van der Waals surface area contributed by atoms with Crippen molar-refractivity contribution in [3.63, 3.8) is 0 Å². The van der Waals surface area contributed by atoms with Crippen LogP contribution in [0.2, 0.25) is 0 Å². The average Bonchev–Trinajstić information content (AvgIpc) is 2.05. The quantitative estimate of drug-likeness (QED) is 0.531. The smallest absolute Gasteiger partial charge is 0.146 e. The minimum Gasteiger partial charge on any atom is -0.205 e. The Labute approximate surface area is 65.4 Å². The molecule has 1 rings (SSSR count). The van der Waals surface area contributed by atoms with E-state index in [1.807, 2.05) is 0 Å². The minimum atomic E-state index is -0.426. The first-order valence-corrected chi connectivity index (χ1v) is 3.08. The second-order valence-electron chi connectivity index (χ2n) is 1.99. The van der Waals surface area contributed by atoms with Crippen molar-refractivity contribution in [3.05, 3.63) is 47.8 Å². The van der Waals surface area contributed by atoms with Crippen LogP contribution in [-0.4, -0.2) is 0 Å². The Kier molecular flexibility index (Phi) is 2.08. The summed E-state index contributed by atoms with van der Waals surface area (Å²) < 4.78 is 13.0. The van der Waals surface area contributed by atoms with Crippen LogP contribution in [0.5, 0.6) is 0 Å². The van der Waals surface area contributed by atoms with Crippen molar-refractivity contribution >= 4 is 0 Å². The summed E-state index contributed by atoms with van der Waals surface area (Å²) in [5.41, 5.74) is 0.569. The second-order valence-corrected chi connectivity index (χ2v) is 1.99. The van der Waals surface area contributed by atoms with Crippen molar-refractivity contribution in [3.8, 4) is 12.3 Å². The molecular weight excluding hydrogens is 139 g/mol. The van der Waals surface area contributed by atoms with E-state index in [1.165, 1.54) is 6.07 Å². The van der Waals surface area contributed by atoms with Gasteiger partial charge in [-0.05, 0) is 12.1 Å². The summed E-state index contributed by atoms with van der Waals surface area (Å²) >= 11 is 0. The predicted octanol–water partition coefficient (Wildman–Crippen LogP) is 2.14. The zero-order valence-corrected chi connectivity index (χ0v) is 5.89. The summed E-state index contributed by atoms with van der Waals surface area (Å²) in [6.07, 6.45) is 7.49. The van der Waals surface area contributed by atoms with Gasteiger partial charge in [0.25, 0.3) is 0 Å². The highest BCUT2D eigenvalue weighted by molar-refractivity contribution is 5.39. The molecule has 1 radical (unpaired) electrons. The van der Waals surface area contributed by atoms with Crippen molar-refractivity contribution < 1.29 is 4.39 Å². The van der Waals surface area contributed by atoms with Gasteiger partial charge in [-0.15, -0.1) is 6.42 Å². The van der Waals surface area contributed by atoms with Gasteiger partial charge in [-0.2, -0.15) is 0 Å². The van der Waals surface area contributed by atoms with Gasteiger partial charge in [-0.25, -0.2) is 4.39 Å². The van der Waals surface area contributed by atoms with Gasteiger partial charge < -0.3 is 0 Å². The molecule has 11 heavy (non-hydrogen) atoms. The Morgan fingerprint density at radius 1 is 1.36 bits per heavy atom. The highest BCUT2D eigenvalue weighted by Crippen LogP contribution is 2.10. The van der Waals surface area contributed by atoms with Gasteiger partial charge in [0, 0.05) is 5.56 Å². The molecule has 0 amide bonds. The Morgan fingerprint density at radius 2 is 2.00 bits per heavy atom. The maximum atomic E-state index is 13.0. The first kappa shape index (κ1) is 7.56. The largest absolute Gasteiger partial charge is 0.205 e. The van der Waals surface area contributed by atoms with E-state index in [-0.39, 0.29) is 5.56 Å². The van der Waals surface area contributed by atoms with Gasteiger partial charge >= 0.3 is 0 Å². The lowest BCUT2D eigenvalue weighted by Gasteiger charge is -1.96. The molecule has 0 unspecified atom stereocenters. The summed E-state index contributed by atoms with van der Waals surface area (Å²) in [6, 6.07) is 4.78. The van der Waals surface area contributed by atoms with Crippen LogP contribution in [0.4, 0.5) is 4.39 Å². The van der Waals surface area contributed by atoms with Crippen LogP contribution in [-0.2, 0) is 0 Å². The van der Waals surface area contributed by atoms with E-state index in [0.717, 1.165) is 0 Å². The molecule has 0 aliphatic rings. The number of benzene rings is 1. The molecule has 0 N–H and O–H groups in total. The third kappa shape index (κ3) is 1.30. The van der Waals surface area contributed by atoms with Gasteiger partial charge in [0.15, 0.2) is 0 Å². The fourth-order valence-electron chi connectivity index (χ4n) is 0.780. The predicted molar refractivity (Wildman–Crippen MR) is 42.3 cm³/mol. The van der Waals surface area contributed by atoms with Crippen molar-refractivity contribution in [1.29, 1.82) is 0 Å². The fraction of sp³-hybridized carbons (Fsp3) is 0. The lowest BCUT2D eigenvalue weighted by atomic mass is 10.1. The normalized spacial score (nSPS) is 8.73. The van der Waals surface area contributed by atoms with Crippen molar-refractivity contribution in [2.24, 2.45) is 0 Å². The standard InChI is InChI=1S/C10H6F/c1-3-8-6-5-7-9(4-2)10(8)11/h1,5-7H,2H2. The van der Waals surface area contributed by atoms with E-state index >= 15 is 0 Å². The Balaban J connectivity index is 3.34. The molecule has 53 valence electrons. The van der Waals surface area contributed by atoms with Gasteiger partial charge in [-0.1, -0.05) is 24.6 Å². The fourth-order valence-corrected chi connectivity index (χ4v) is 0.780. The number of hydrogen-bond acceptors (Lipinski definition) is 0. The van der Waals surface area contributed by atoms with Crippen LogP contribution < -0.4 is 0 Å². The zero-order valence-electron chi connectivity index (χ0n) is 5.89. The molecule has 0 fully saturated rings. The molecule has 0 saturated carbocycles. The van der Waals surface area contributed by atoms with Crippen LogP contribution in [0.3, 0.4) is 0 Å². The minimum absolute atomic E-state index is 0.249. The van der Waals surface area contributed by atoms with Crippen LogP contribution in [0.15, 0.2) is 24.8 Å². The first-order valence-electron chi connectivity index (χ1n) is 3.08. The number of halogens is 1. The molecule has 0 bridgehead atoms. The molecule has 0 aliphatic carbocycles. The first-order chi connectivity index (χ1) is 5.29. The average molecular weight is 145 g/mol. The van der Waals surface area contributed by atoms with Crippen LogP contribution in [0.1, 0.15) is 11.1 Å². The molecule has 0 spiro atoms. The SMILES string of the molecule is C#Cc1cccc([C]=C)c1F. The number of terminal acetylenes is 1. The Morgan fingerprint density at radius 3 is 2.55 bits per heavy atom. The second kappa shape index (κ2) is 3.03. The molecule has 1 heteroatoms. The molecule has 0 aromatic heterocycles. The molecule has 0 saturated heterocycles. The molecule has 0 heterocycles. The lowest BCUT2D eigenvalue weighted by Crippen LogP contribution is -1.87. The van der Waals surface area contributed by atoms with Crippen molar-refractivity contribution in [1.82, 2.24) is 0 Å². The van der Waals surface area contributed by atoms with Crippen LogP contribution in [0.25, 0.3) is 0 Å². The van der Waals surface area contributed by atoms with E-state index in [1.54, 1.807) is 12.1 Å². The highest BCUT2D eigenvalue weighted by atomic mass is 19.1. The van der Waals surface area contributed by atoms with Crippen LogP contribution >= 0.6 is 0 Å². The van der Waals surface area contributed by atoms with E-state index in [9.17, 15) is 4.39 Å². The molecule has 1 aromatic carbocycles. The van der Waals surface area contributed by atoms with Crippen molar-refractivity contribution in [2.45, 2.75) is 0 Å². The van der Waals surface area contributed by atoms with E-state index in [0.29, 0.717) is 5.56 Å². The van der Waals surface area contributed by atoms with E-state index in [2.05, 4.69) is 18.6 Å². The Bertz CT molecular complexity index is 318. The van der Waals surface area contributed by atoms with E-state index in [4.69, 9.17) is 6.42 Å². The summed E-state index contributed by atoms with van der Waals surface area (Å²) in [6.45, 7) is 3.33.